The molecule has 0 radical (unpaired) electrons. The fraction of sp³-hybridized carbons (Fsp3) is 0.836. The van der Waals surface area contributed by atoms with Gasteiger partial charge in [-0.3, -0.25) is 57.5 Å². The number of fused-ring (bicyclic) bond motifs is 1. The van der Waals surface area contributed by atoms with Gasteiger partial charge in [0.1, 0.15) is 47.8 Å². The molecule has 3 aliphatic heterocycles. The second-order valence-corrected chi connectivity index (χ2v) is 31.7. The number of nitrogens with zero attached hydrogens (tertiary/aromatic N) is 9. The summed E-state index contributed by atoms with van der Waals surface area (Å²) < 4.78 is 48.2. The third-order valence-electron chi connectivity index (χ3n) is 23.8. The minimum Gasteiger partial charge on any atom is -0.376 e. The quantitative estimate of drug-likeness (QED) is 0.201. The van der Waals surface area contributed by atoms with Gasteiger partial charge in [-0.25, -0.2) is 0 Å². The first kappa shape index (κ1) is 81.4. The SMILES string of the molecule is CC[C@H](C)[C@@H]1NC(=O)[C@H](COC2CC2)N(C)C(=O)C[C@@H](C(=O)N2CCCCC2)N(C)C(=O)[C@H](C2CCCCC2)N(C)C(=O)C2(CCCC2)NC(=O)[C@@H]2CCCN2C(=O)[C@H](CCC2CCC(C(F)(F)F)C(Cl)C2)NC(=O)CN(C)C(=O)[C@H](CC2CCCCC2)N(C)C(=O)CN(C)C(=O)CN(C)C1=O. The van der Waals surface area contributed by atoms with Gasteiger partial charge in [-0.1, -0.05) is 84.5 Å². The van der Waals surface area contributed by atoms with E-state index in [1.54, 1.807) is 11.8 Å². The highest BCUT2D eigenvalue weighted by Crippen LogP contribution is 2.44. The Bertz CT molecular complexity index is 2980. The van der Waals surface area contributed by atoms with Crippen molar-refractivity contribution in [2.75, 3.05) is 95.2 Å². The first-order valence-corrected chi connectivity index (χ1v) is 38.4. The largest absolute Gasteiger partial charge is 0.393 e. The molecule has 29 heteroatoms. The molecule has 8 rings (SSSR count). The highest BCUT2D eigenvalue weighted by molar-refractivity contribution is 6.21. The summed E-state index contributed by atoms with van der Waals surface area (Å²) in [6, 6.07) is -8.77. The number of carbonyl (C=O) groups is 12. The van der Waals surface area contributed by atoms with E-state index in [4.69, 9.17) is 16.3 Å². The number of piperidine rings is 1. The van der Waals surface area contributed by atoms with Gasteiger partial charge in [0.25, 0.3) is 0 Å². The number of carbonyl (C=O) groups excluding carboxylic acids is 12. The van der Waals surface area contributed by atoms with Crippen molar-refractivity contribution < 1.29 is 75.4 Å². The number of nitrogens with one attached hydrogen (secondary N) is 3. The summed E-state index contributed by atoms with van der Waals surface area (Å²) in [6.45, 7) is 2.48. The molecule has 102 heavy (non-hydrogen) atoms. The van der Waals surface area contributed by atoms with Crippen LogP contribution >= 0.6 is 11.6 Å². The minimum atomic E-state index is -4.51. The lowest BCUT2D eigenvalue weighted by Crippen LogP contribution is -2.65. The molecule has 1 spiro atoms. The molecule has 5 saturated carbocycles. The van der Waals surface area contributed by atoms with Crippen molar-refractivity contribution in [2.45, 2.75) is 266 Å². The fourth-order valence-corrected chi connectivity index (χ4v) is 17.3. The molecular formula is C73H116ClF3N12O13. The molecule has 3 unspecified atom stereocenters. The number of ether oxygens (including phenoxy) is 1. The summed E-state index contributed by atoms with van der Waals surface area (Å²) >= 11 is 6.41. The summed E-state index contributed by atoms with van der Waals surface area (Å²) in [5.74, 6) is -10.6. The Morgan fingerprint density at radius 3 is 1.81 bits per heavy atom. The standard InChI is InChI=1S/C73H116ClF3N12O13/c1-10-46(2)62-69(99)83(5)43-60(92)81(3)44-61(93)84(6)55(40-47-23-14-11-15-24-47)67(97)82(4)42-58(90)78-53(33-29-48-28-32-51(52(74)39-48)73(75,76)77)66(96)89-38-22-27-54(89)65(95)80-72(34-18-19-35-72)71(101)87(9)63(49-25-16-12-17-26-49)70(100)86(8)56(68(98)88-36-20-13-21-37-88)41-59(91)85(7)57(64(94)79-62)45-102-50-30-31-50/h46-57,62-63H,10-45H2,1-9H3,(H,78,90)(H,79,94)(H,80,95)/t46-,48?,51?,52?,53-,54-,55-,56-,57-,62-,63-/m0/s1. The predicted molar refractivity (Wildman–Crippen MR) is 374 cm³/mol. The van der Waals surface area contributed by atoms with E-state index >= 15 is 28.8 Å². The summed E-state index contributed by atoms with van der Waals surface area (Å²) in [7, 11) is 10.0. The molecule has 25 nitrogen and oxygen atoms in total. The van der Waals surface area contributed by atoms with E-state index in [9.17, 15) is 41.9 Å². The van der Waals surface area contributed by atoms with Crippen molar-refractivity contribution in [1.29, 1.82) is 0 Å². The number of likely N-dealkylation sites (tertiary alicyclic amines) is 1. The average Bonchev–Trinajstić information content (AvgIpc) is 1.34. The Morgan fingerprint density at radius 1 is 0.588 bits per heavy atom. The van der Waals surface area contributed by atoms with Gasteiger partial charge >= 0.3 is 6.18 Å². The molecule has 12 amide bonds. The van der Waals surface area contributed by atoms with Gasteiger partial charge in [0.15, 0.2) is 0 Å². The molecule has 0 bridgehead atoms. The van der Waals surface area contributed by atoms with Crippen molar-refractivity contribution in [3.8, 4) is 0 Å². The average molecular weight is 1460 g/mol. The molecule has 8 fully saturated rings. The second-order valence-electron chi connectivity index (χ2n) is 31.1. The summed E-state index contributed by atoms with van der Waals surface area (Å²) in [5, 5.41) is 7.61. The smallest absolute Gasteiger partial charge is 0.376 e. The maximum absolute atomic E-state index is 15.9. The Kier molecular flexibility index (Phi) is 29.2. The summed E-state index contributed by atoms with van der Waals surface area (Å²) in [6.07, 6.45) is 8.93. The van der Waals surface area contributed by atoms with Crippen LogP contribution in [0.2, 0.25) is 0 Å². The number of rotatable bonds is 12. The number of likely N-dealkylation sites (N-methyl/N-ethyl adjacent to an activating group) is 7. The van der Waals surface area contributed by atoms with Crippen molar-refractivity contribution in [3.05, 3.63) is 0 Å². The zero-order valence-electron chi connectivity index (χ0n) is 61.9. The van der Waals surface area contributed by atoms with Crippen molar-refractivity contribution in [1.82, 2.24) is 60.0 Å². The van der Waals surface area contributed by atoms with Crippen LogP contribution in [0, 0.1) is 29.6 Å². The first-order valence-electron chi connectivity index (χ1n) is 38.0. The molecule has 3 N–H and O–H groups in total. The zero-order chi connectivity index (χ0) is 74.5. The molecule has 8 aliphatic rings. The van der Waals surface area contributed by atoms with Crippen molar-refractivity contribution >= 4 is 82.5 Å². The topological polar surface area (TPSA) is 279 Å². The van der Waals surface area contributed by atoms with Crippen LogP contribution in [0.4, 0.5) is 13.2 Å². The Balaban J connectivity index is 1.16. The zero-order valence-corrected chi connectivity index (χ0v) is 62.6. The molecular weight excluding hydrogens is 1350 g/mol. The van der Waals surface area contributed by atoms with Gasteiger partial charge in [0, 0.05) is 74.3 Å². The Morgan fingerprint density at radius 2 is 1.20 bits per heavy atom. The van der Waals surface area contributed by atoms with Gasteiger partial charge in [-0.2, -0.15) is 13.2 Å². The Hall–Kier alpha value is -6.32. The number of hydrogen-bond donors (Lipinski definition) is 3. The normalized spacial score (nSPS) is 30.4. The number of amides is 12. The number of hydrogen-bond acceptors (Lipinski definition) is 13. The summed E-state index contributed by atoms with van der Waals surface area (Å²) in [4.78, 5) is 192. The molecule has 0 aromatic rings. The molecule has 3 heterocycles. The van der Waals surface area contributed by atoms with E-state index in [0.29, 0.717) is 64.5 Å². The molecule has 0 aromatic carbocycles. The number of alkyl halides is 4. The third kappa shape index (κ3) is 20.6. The van der Waals surface area contributed by atoms with Gasteiger partial charge < -0.3 is 64.8 Å². The van der Waals surface area contributed by atoms with Crippen molar-refractivity contribution in [3.63, 3.8) is 0 Å². The fourth-order valence-electron chi connectivity index (χ4n) is 16.8. The monoisotopic (exact) mass is 1460 g/mol. The van der Waals surface area contributed by atoms with Crippen LogP contribution in [0.25, 0.3) is 0 Å². The van der Waals surface area contributed by atoms with Gasteiger partial charge in [0.2, 0.25) is 70.9 Å². The van der Waals surface area contributed by atoms with E-state index in [0.717, 1.165) is 85.3 Å². The maximum Gasteiger partial charge on any atom is 0.393 e. The number of halogens is 4. The van der Waals surface area contributed by atoms with E-state index in [-0.39, 0.29) is 88.9 Å². The van der Waals surface area contributed by atoms with Gasteiger partial charge in [-0.05, 0) is 133 Å². The molecule has 11 atom stereocenters. The van der Waals surface area contributed by atoms with E-state index in [2.05, 4.69) is 16.0 Å². The van der Waals surface area contributed by atoms with E-state index < -0.39 is 174 Å². The van der Waals surface area contributed by atoms with Crippen LogP contribution in [0.3, 0.4) is 0 Å². The highest BCUT2D eigenvalue weighted by atomic mass is 35.5. The minimum absolute atomic E-state index is 0.00104. The lowest BCUT2D eigenvalue weighted by atomic mass is 9.78. The lowest BCUT2D eigenvalue weighted by molar-refractivity contribution is -0.182. The predicted octanol–water partition coefficient (Wildman–Crippen LogP) is 5.62. The molecule has 0 aromatic heterocycles. The van der Waals surface area contributed by atoms with Gasteiger partial charge in [-0.15, -0.1) is 11.6 Å². The second kappa shape index (κ2) is 36.6. The van der Waals surface area contributed by atoms with Crippen molar-refractivity contribution in [2.24, 2.45) is 29.6 Å². The first-order chi connectivity index (χ1) is 48.3. The molecule has 3 saturated heterocycles. The Labute approximate surface area is 605 Å². The van der Waals surface area contributed by atoms with E-state index in [1.807, 2.05) is 6.92 Å². The van der Waals surface area contributed by atoms with Crippen LogP contribution in [-0.4, -0.2) is 276 Å². The summed E-state index contributed by atoms with van der Waals surface area (Å²) in [5.41, 5.74) is -1.56. The van der Waals surface area contributed by atoms with E-state index in [1.165, 1.54) is 73.8 Å². The third-order valence-corrected chi connectivity index (χ3v) is 24.3. The lowest BCUT2D eigenvalue weighted by Gasteiger charge is -2.43. The molecule has 574 valence electrons. The highest BCUT2D eigenvalue weighted by Gasteiger charge is 2.52. The van der Waals surface area contributed by atoms with Crippen LogP contribution in [0.1, 0.15) is 200 Å². The molecule has 5 aliphatic carbocycles. The van der Waals surface area contributed by atoms with Crippen LogP contribution in [0.5, 0.6) is 0 Å². The van der Waals surface area contributed by atoms with Gasteiger partial charge in [0.05, 0.1) is 44.7 Å². The maximum atomic E-state index is 15.9. The van der Waals surface area contributed by atoms with Crippen LogP contribution < -0.4 is 16.0 Å². The van der Waals surface area contributed by atoms with Crippen LogP contribution in [-0.2, 0) is 62.3 Å². The van der Waals surface area contributed by atoms with Crippen LogP contribution in [0.15, 0.2) is 0 Å².